The molecule has 0 aliphatic rings. The predicted molar refractivity (Wildman–Crippen MR) is 77.8 cm³/mol. The van der Waals surface area contributed by atoms with E-state index in [9.17, 15) is 0 Å². The molecule has 1 aromatic heterocycles. The molecule has 96 valence electrons. The Hall–Kier alpha value is -1.91. The van der Waals surface area contributed by atoms with E-state index >= 15 is 0 Å². The minimum absolute atomic E-state index is 0.684. The van der Waals surface area contributed by atoms with E-state index < -0.39 is 0 Å². The summed E-state index contributed by atoms with van der Waals surface area (Å²) >= 11 is 1.17. The molecular formula is C15H13NO2S. The van der Waals surface area contributed by atoms with Gasteiger partial charge in [0.15, 0.2) is 18.0 Å². The lowest BCUT2D eigenvalue weighted by Gasteiger charge is -2.06. The maximum atomic E-state index is 5.23. The number of para-hydroxylation sites is 2. The molecule has 0 N–H and O–H groups in total. The Morgan fingerprint density at radius 1 is 0.947 bits per heavy atom. The predicted octanol–water partition coefficient (Wildman–Crippen LogP) is 4.37. The molecule has 0 aliphatic heterocycles. The topological polar surface area (TPSA) is 23.4 Å². The van der Waals surface area contributed by atoms with Crippen LogP contribution in [0.15, 0.2) is 60.7 Å². The fourth-order valence-corrected chi connectivity index (χ4v) is 2.51. The van der Waals surface area contributed by atoms with Crippen LogP contribution in [0.4, 0.5) is 0 Å². The quantitative estimate of drug-likeness (QED) is 0.400. The summed E-state index contributed by atoms with van der Waals surface area (Å²) in [5.41, 5.74) is 2.23. The van der Waals surface area contributed by atoms with Crippen molar-refractivity contribution in [1.29, 1.82) is 0 Å². The molecule has 0 radical (unpaired) electrons. The Balaban J connectivity index is 1.73. The van der Waals surface area contributed by atoms with Crippen LogP contribution < -0.4 is 4.89 Å². The number of hydrogen-bond acceptors (Lipinski definition) is 3. The summed E-state index contributed by atoms with van der Waals surface area (Å²) in [6, 6.07) is 19.7. The zero-order valence-corrected chi connectivity index (χ0v) is 11.3. The van der Waals surface area contributed by atoms with E-state index in [1.807, 2.05) is 53.4 Å². The first-order chi connectivity index (χ1) is 9.34. The smallest absolute Gasteiger partial charge is 0.169 e. The van der Waals surface area contributed by atoms with Gasteiger partial charge < -0.3 is 4.89 Å². The van der Waals surface area contributed by atoms with Crippen LogP contribution in [-0.2, 0) is 4.33 Å². The van der Waals surface area contributed by atoms with Crippen molar-refractivity contribution < 1.29 is 9.22 Å². The van der Waals surface area contributed by atoms with Crippen molar-refractivity contribution >= 4 is 23.1 Å². The second-order valence-corrected chi connectivity index (χ2v) is 4.83. The fourth-order valence-electron chi connectivity index (χ4n) is 1.93. The molecule has 0 bridgehead atoms. The summed E-state index contributed by atoms with van der Waals surface area (Å²) in [5, 5.41) is 1.19. The van der Waals surface area contributed by atoms with Gasteiger partial charge >= 0.3 is 0 Å². The zero-order valence-electron chi connectivity index (χ0n) is 10.4. The number of aryl methyl sites for hydroxylation is 1. The average Bonchev–Trinajstić information content (AvgIpc) is 2.76. The Morgan fingerprint density at radius 3 is 2.53 bits per heavy atom. The van der Waals surface area contributed by atoms with Crippen molar-refractivity contribution in [3.63, 3.8) is 0 Å². The molecule has 3 rings (SSSR count). The summed E-state index contributed by atoms with van der Waals surface area (Å²) < 4.78 is 7.23. The number of fused-ring (bicyclic) bond motifs is 1. The largest absolute Gasteiger partial charge is 0.324 e. The van der Waals surface area contributed by atoms with E-state index in [1.165, 1.54) is 17.6 Å². The van der Waals surface area contributed by atoms with Crippen LogP contribution in [0.25, 0.3) is 10.9 Å². The van der Waals surface area contributed by atoms with Crippen molar-refractivity contribution in [2.75, 3.05) is 0 Å². The monoisotopic (exact) mass is 271 g/mol. The minimum Gasteiger partial charge on any atom is -0.324 e. The summed E-state index contributed by atoms with van der Waals surface area (Å²) in [6.45, 7) is 2.04. The number of aromatic nitrogens is 1. The molecule has 0 unspecified atom stereocenters. The summed E-state index contributed by atoms with van der Waals surface area (Å²) in [4.78, 5) is 5.23. The van der Waals surface area contributed by atoms with Gasteiger partial charge in [-0.15, -0.1) is 0 Å². The van der Waals surface area contributed by atoms with Crippen molar-refractivity contribution in [3.05, 3.63) is 66.4 Å². The van der Waals surface area contributed by atoms with Gasteiger partial charge in [-0.1, -0.05) is 40.7 Å². The van der Waals surface area contributed by atoms with Gasteiger partial charge in [0.2, 0.25) is 0 Å². The lowest BCUT2D eigenvalue weighted by Crippen LogP contribution is -1.95. The van der Waals surface area contributed by atoms with Crippen molar-refractivity contribution in [3.8, 4) is 5.75 Å². The van der Waals surface area contributed by atoms with Crippen LogP contribution >= 0.6 is 12.2 Å². The number of benzene rings is 2. The van der Waals surface area contributed by atoms with Gasteiger partial charge in [0.1, 0.15) is 0 Å². The molecule has 0 spiro atoms. The highest BCUT2D eigenvalue weighted by Crippen LogP contribution is 2.25. The summed E-state index contributed by atoms with van der Waals surface area (Å²) in [6.07, 6.45) is 0. The lowest BCUT2D eigenvalue weighted by molar-refractivity contribution is -0.0786. The van der Waals surface area contributed by atoms with Crippen LogP contribution in [0, 0.1) is 6.92 Å². The molecule has 3 aromatic rings. The molecule has 0 aliphatic carbocycles. The molecule has 1 heterocycles. The highest BCUT2D eigenvalue weighted by Gasteiger charge is 2.06. The van der Waals surface area contributed by atoms with Gasteiger partial charge in [-0.3, -0.25) is 3.97 Å². The molecule has 19 heavy (non-hydrogen) atoms. The van der Waals surface area contributed by atoms with Gasteiger partial charge in [-0.25, -0.2) is 0 Å². The van der Waals surface area contributed by atoms with Crippen LogP contribution in [-0.4, -0.2) is 3.97 Å². The molecule has 0 amide bonds. The SMILES string of the molecule is Cc1cc2ccccc2n1SOOc1ccccc1. The molecular weight excluding hydrogens is 258 g/mol. The Kier molecular flexibility index (Phi) is 3.44. The molecule has 0 atom stereocenters. The third-order valence-corrected chi connectivity index (χ3v) is 3.58. The number of hydrogen-bond donors (Lipinski definition) is 0. The van der Waals surface area contributed by atoms with E-state index in [0.29, 0.717) is 5.75 Å². The average molecular weight is 271 g/mol. The molecule has 0 fully saturated rings. The molecule has 4 heteroatoms. The third kappa shape index (κ3) is 2.59. The Labute approximate surface area is 116 Å². The van der Waals surface area contributed by atoms with Crippen LogP contribution in [0.1, 0.15) is 5.69 Å². The number of nitrogens with zero attached hydrogens (tertiary/aromatic N) is 1. The standard InChI is InChI=1S/C15H13NO2S/c1-12-11-13-7-5-6-10-15(13)16(12)19-18-17-14-8-3-2-4-9-14/h2-11H,1H3. The van der Waals surface area contributed by atoms with E-state index in [0.717, 1.165) is 11.2 Å². The summed E-state index contributed by atoms with van der Waals surface area (Å²) in [7, 11) is 0. The maximum absolute atomic E-state index is 5.23. The van der Waals surface area contributed by atoms with E-state index in [-0.39, 0.29) is 0 Å². The van der Waals surface area contributed by atoms with E-state index in [1.54, 1.807) is 0 Å². The normalized spacial score (nSPS) is 10.8. The van der Waals surface area contributed by atoms with Gasteiger partial charge in [0.05, 0.1) is 5.52 Å². The first-order valence-corrected chi connectivity index (χ1v) is 6.68. The van der Waals surface area contributed by atoms with Gasteiger partial charge in [0, 0.05) is 11.1 Å². The highest BCUT2D eigenvalue weighted by atomic mass is 32.2. The van der Waals surface area contributed by atoms with Gasteiger partial charge in [0.25, 0.3) is 0 Å². The lowest BCUT2D eigenvalue weighted by atomic mass is 10.2. The summed E-state index contributed by atoms with van der Waals surface area (Å²) in [5.74, 6) is 0.684. The van der Waals surface area contributed by atoms with Gasteiger partial charge in [-0.2, -0.15) is 0 Å². The second-order valence-electron chi connectivity index (χ2n) is 4.18. The third-order valence-electron chi connectivity index (χ3n) is 2.82. The van der Waals surface area contributed by atoms with Crippen LogP contribution in [0.2, 0.25) is 0 Å². The maximum Gasteiger partial charge on any atom is 0.169 e. The molecule has 0 saturated heterocycles. The van der Waals surface area contributed by atoms with Crippen molar-refractivity contribution in [1.82, 2.24) is 3.97 Å². The van der Waals surface area contributed by atoms with E-state index in [2.05, 4.69) is 18.2 Å². The van der Waals surface area contributed by atoms with E-state index in [4.69, 9.17) is 9.22 Å². The van der Waals surface area contributed by atoms with Crippen LogP contribution in [0.3, 0.4) is 0 Å². The Morgan fingerprint density at radius 2 is 1.68 bits per heavy atom. The number of rotatable bonds is 4. The van der Waals surface area contributed by atoms with Crippen LogP contribution in [0.5, 0.6) is 5.75 Å². The first-order valence-electron chi connectivity index (χ1n) is 5.98. The zero-order chi connectivity index (χ0) is 13.1. The highest BCUT2D eigenvalue weighted by molar-refractivity contribution is 7.93. The second kappa shape index (κ2) is 5.38. The molecule has 2 aromatic carbocycles. The first kappa shape index (κ1) is 12.1. The Bertz CT molecular complexity index is 679. The molecule has 3 nitrogen and oxygen atoms in total. The van der Waals surface area contributed by atoms with Crippen molar-refractivity contribution in [2.45, 2.75) is 6.92 Å². The van der Waals surface area contributed by atoms with Crippen molar-refractivity contribution in [2.24, 2.45) is 0 Å². The minimum atomic E-state index is 0.684. The fraction of sp³-hybridized carbons (Fsp3) is 0.0667. The van der Waals surface area contributed by atoms with Gasteiger partial charge in [-0.05, 0) is 31.2 Å². The molecule has 0 saturated carbocycles.